The van der Waals surface area contributed by atoms with Crippen LogP contribution in [0, 0.1) is 0 Å². The maximum Gasteiger partial charge on any atom is 0.352 e. The predicted octanol–water partition coefficient (Wildman–Crippen LogP) is -2.03. The molecule has 1 unspecified atom stereocenters. The second-order valence-corrected chi connectivity index (χ2v) is 6.60. The van der Waals surface area contributed by atoms with Crippen LogP contribution < -0.4 is 5.32 Å². The van der Waals surface area contributed by atoms with Crippen molar-refractivity contribution in [2.45, 2.75) is 24.9 Å². The standard InChI is InChI=1S/C13H14N6O6S/c1-6(20)25-3-7-4-26-12-9(11(22)19(12)10(7)13(23)24)15-8(21)2-18-5-14-16-17-18/h5,9,12H,2-4H2,1H3,(H,15,21)(H,23,24)/t9?,12-/m1/s1. The summed E-state index contributed by atoms with van der Waals surface area (Å²) in [6.07, 6.45) is 1.26. The molecule has 12 nitrogen and oxygen atoms in total. The van der Waals surface area contributed by atoms with Crippen molar-refractivity contribution in [1.82, 2.24) is 30.4 Å². The van der Waals surface area contributed by atoms with Gasteiger partial charge in [0.2, 0.25) is 5.91 Å². The average Bonchev–Trinajstić information content (AvgIpc) is 3.09. The molecule has 2 N–H and O–H groups in total. The van der Waals surface area contributed by atoms with Crippen molar-refractivity contribution in [3.63, 3.8) is 0 Å². The van der Waals surface area contributed by atoms with Crippen LogP contribution in [-0.2, 0) is 30.5 Å². The number of nitrogens with zero attached hydrogens (tertiary/aromatic N) is 5. The minimum Gasteiger partial charge on any atom is -0.477 e. The SMILES string of the molecule is CC(=O)OCC1=C(C(=O)O)N2C(=O)C(NC(=O)Cn3cnnn3)[C@H]2SC1. The largest absolute Gasteiger partial charge is 0.477 e. The van der Waals surface area contributed by atoms with E-state index in [1.54, 1.807) is 0 Å². The van der Waals surface area contributed by atoms with E-state index in [9.17, 15) is 24.3 Å². The van der Waals surface area contributed by atoms with Crippen molar-refractivity contribution in [3.05, 3.63) is 17.6 Å². The molecule has 0 bridgehead atoms. The number of tetrazole rings is 1. The number of ether oxygens (including phenoxy) is 1. The minimum absolute atomic E-state index is 0.159. The van der Waals surface area contributed by atoms with Crippen molar-refractivity contribution in [2.75, 3.05) is 12.4 Å². The molecule has 0 radical (unpaired) electrons. The van der Waals surface area contributed by atoms with Crippen LogP contribution in [0.3, 0.4) is 0 Å². The number of hydrogen-bond donors (Lipinski definition) is 2. The van der Waals surface area contributed by atoms with Crippen LogP contribution >= 0.6 is 11.8 Å². The summed E-state index contributed by atoms with van der Waals surface area (Å²) >= 11 is 1.29. The van der Waals surface area contributed by atoms with Crippen LogP contribution in [0.5, 0.6) is 0 Å². The maximum atomic E-state index is 12.4. The number of β-lactam (4-membered cyclic amide) rings is 1. The van der Waals surface area contributed by atoms with Crippen LogP contribution in [0.15, 0.2) is 17.6 Å². The number of hydrogen-bond acceptors (Lipinski definition) is 9. The summed E-state index contributed by atoms with van der Waals surface area (Å²) in [6, 6.07) is -0.839. The van der Waals surface area contributed by atoms with E-state index in [4.69, 9.17) is 4.74 Å². The Kier molecular flexibility index (Phi) is 4.88. The van der Waals surface area contributed by atoms with E-state index in [2.05, 4.69) is 20.8 Å². The van der Waals surface area contributed by atoms with E-state index in [0.717, 1.165) is 4.90 Å². The molecule has 1 saturated heterocycles. The number of amides is 2. The summed E-state index contributed by atoms with van der Waals surface area (Å²) in [5.74, 6) is -2.57. The third-order valence-corrected chi connectivity index (χ3v) is 5.05. The van der Waals surface area contributed by atoms with Gasteiger partial charge < -0.3 is 15.2 Å². The molecule has 13 heteroatoms. The van der Waals surface area contributed by atoms with Crippen molar-refractivity contribution in [3.8, 4) is 0 Å². The molecule has 2 amide bonds. The van der Waals surface area contributed by atoms with Crippen LogP contribution in [0.1, 0.15) is 6.92 Å². The number of carboxylic acid groups (broad SMARTS) is 1. The number of carbonyl (C=O) groups excluding carboxylic acids is 3. The zero-order valence-electron chi connectivity index (χ0n) is 13.5. The zero-order valence-corrected chi connectivity index (χ0v) is 14.3. The summed E-state index contributed by atoms with van der Waals surface area (Å²) in [4.78, 5) is 48.0. The first-order valence-electron chi connectivity index (χ1n) is 7.42. The Labute approximate surface area is 150 Å². The summed E-state index contributed by atoms with van der Waals surface area (Å²) in [5.41, 5.74) is 0.131. The van der Waals surface area contributed by atoms with Crippen LogP contribution in [0.4, 0.5) is 0 Å². The van der Waals surface area contributed by atoms with E-state index < -0.39 is 35.2 Å². The van der Waals surface area contributed by atoms with Crippen LogP contribution in [0.2, 0.25) is 0 Å². The number of carboxylic acids is 1. The van der Waals surface area contributed by atoms with Crippen molar-refractivity contribution < 1.29 is 29.0 Å². The Bertz CT molecular complexity index is 793. The molecule has 0 spiro atoms. The highest BCUT2D eigenvalue weighted by atomic mass is 32.2. The average molecular weight is 382 g/mol. The van der Waals surface area contributed by atoms with Gasteiger partial charge in [0.05, 0.1) is 0 Å². The van der Waals surface area contributed by atoms with Gasteiger partial charge in [-0.05, 0) is 10.4 Å². The first-order valence-corrected chi connectivity index (χ1v) is 8.47. The van der Waals surface area contributed by atoms with Gasteiger partial charge in [-0.15, -0.1) is 16.9 Å². The van der Waals surface area contributed by atoms with Crippen molar-refractivity contribution in [1.29, 1.82) is 0 Å². The van der Waals surface area contributed by atoms with Crippen molar-refractivity contribution in [2.24, 2.45) is 0 Å². The second kappa shape index (κ2) is 7.11. The van der Waals surface area contributed by atoms with Gasteiger partial charge in [0.25, 0.3) is 5.91 Å². The molecule has 0 saturated carbocycles. The number of rotatable bonds is 6. The molecular weight excluding hydrogens is 368 g/mol. The smallest absolute Gasteiger partial charge is 0.352 e. The quantitative estimate of drug-likeness (QED) is 0.415. The molecule has 0 aromatic carbocycles. The molecule has 2 aliphatic heterocycles. The number of carbonyl (C=O) groups is 4. The molecular formula is C13H14N6O6S. The van der Waals surface area contributed by atoms with Gasteiger partial charge in [0, 0.05) is 18.2 Å². The summed E-state index contributed by atoms with van der Waals surface area (Å²) < 4.78 is 6.05. The molecule has 26 heavy (non-hydrogen) atoms. The third kappa shape index (κ3) is 3.37. The van der Waals surface area contributed by atoms with Gasteiger partial charge in [-0.3, -0.25) is 19.3 Å². The molecule has 1 aromatic heterocycles. The number of fused-ring (bicyclic) bond motifs is 1. The second-order valence-electron chi connectivity index (χ2n) is 5.50. The highest BCUT2D eigenvalue weighted by molar-refractivity contribution is 8.00. The Hall–Kier alpha value is -2.96. The van der Waals surface area contributed by atoms with Gasteiger partial charge in [-0.2, -0.15) is 0 Å². The Morgan fingerprint density at radius 2 is 2.23 bits per heavy atom. The van der Waals surface area contributed by atoms with Gasteiger partial charge in [0.15, 0.2) is 0 Å². The lowest BCUT2D eigenvalue weighted by Gasteiger charge is -2.49. The fraction of sp³-hybridized carbons (Fsp3) is 0.462. The van der Waals surface area contributed by atoms with Gasteiger partial charge in [-0.25, -0.2) is 9.48 Å². The molecule has 3 heterocycles. The van der Waals surface area contributed by atoms with Crippen LogP contribution in [-0.4, -0.2) is 77.7 Å². The first-order chi connectivity index (χ1) is 12.4. The van der Waals surface area contributed by atoms with Crippen molar-refractivity contribution >= 4 is 35.5 Å². The first kappa shape index (κ1) is 17.8. The molecule has 1 fully saturated rings. The Morgan fingerprint density at radius 1 is 1.46 bits per heavy atom. The highest BCUT2D eigenvalue weighted by Crippen LogP contribution is 2.40. The predicted molar refractivity (Wildman–Crippen MR) is 84.1 cm³/mol. The van der Waals surface area contributed by atoms with Gasteiger partial charge >= 0.3 is 11.9 Å². The van der Waals surface area contributed by atoms with E-state index >= 15 is 0 Å². The molecule has 2 aliphatic rings. The normalized spacial score (nSPS) is 21.7. The lowest BCUT2D eigenvalue weighted by molar-refractivity contribution is -0.151. The van der Waals surface area contributed by atoms with E-state index in [1.165, 1.54) is 29.7 Å². The summed E-state index contributed by atoms with van der Waals surface area (Å²) in [6.45, 7) is 0.856. The monoisotopic (exact) mass is 382 g/mol. The van der Waals surface area contributed by atoms with E-state index in [0.29, 0.717) is 5.57 Å². The van der Waals surface area contributed by atoms with Gasteiger partial charge in [-0.1, -0.05) is 0 Å². The number of esters is 1. The number of nitrogens with one attached hydrogen (secondary N) is 1. The lowest BCUT2D eigenvalue weighted by atomic mass is 10.0. The van der Waals surface area contributed by atoms with E-state index in [-0.39, 0.29) is 24.6 Å². The Morgan fingerprint density at radius 3 is 2.85 bits per heavy atom. The fourth-order valence-electron chi connectivity index (χ4n) is 2.60. The Balaban J connectivity index is 1.69. The van der Waals surface area contributed by atoms with Crippen LogP contribution in [0.25, 0.3) is 0 Å². The fourth-order valence-corrected chi connectivity index (χ4v) is 3.93. The zero-order chi connectivity index (χ0) is 18.8. The molecule has 3 rings (SSSR count). The minimum atomic E-state index is -1.29. The molecule has 138 valence electrons. The summed E-state index contributed by atoms with van der Waals surface area (Å²) in [7, 11) is 0. The lowest BCUT2D eigenvalue weighted by Crippen LogP contribution is -2.70. The molecule has 0 aliphatic carbocycles. The summed E-state index contributed by atoms with van der Waals surface area (Å²) in [5, 5.41) is 21.8. The third-order valence-electron chi connectivity index (χ3n) is 3.71. The number of aromatic nitrogens is 4. The highest BCUT2D eigenvalue weighted by Gasteiger charge is 2.54. The number of aliphatic carboxylic acids is 1. The maximum absolute atomic E-state index is 12.4. The molecule has 1 aromatic rings. The number of thioether (sulfide) groups is 1. The van der Waals surface area contributed by atoms with Gasteiger partial charge in [0.1, 0.15) is 36.6 Å². The molecule has 2 atom stereocenters. The van der Waals surface area contributed by atoms with E-state index in [1.807, 2.05) is 0 Å². The topological polar surface area (TPSA) is 157 Å².